The highest BCUT2D eigenvalue weighted by molar-refractivity contribution is 7.80. The lowest BCUT2D eigenvalue weighted by Crippen LogP contribution is -2.49. The average molecular weight is 466 g/mol. The summed E-state index contributed by atoms with van der Waals surface area (Å²) in [5, 5.41) is 10.6. The maximum atomic E-state index is 10.6. The summed E-state index contributed by atoms with van der Waals surface area (Å²) in [5.41, 5.74) is 0. The van der Waals surface area contributed by atoms with E-state index in [0.717, 1.165) is 18.8 Å². The van der Waals surface area contributed by atoms with E-state index in [1.807, 2.05) is 14.1 Å². The van der Waals surface area contributed by atoms with E-state index in [1.54, 1.807) is 0 Å². The zero-order valence-electron chi connectivity index (χ0n) is 20.0. The Bertz CT molecular complexity index is 398. The van der Waals surface area contributed by atoms with Gasteiger partial charge in [0.05, 0.1) is 66.3 Å². The van der Waals surface area contributed by atoms with E-state index in [4.69, 9.17) is 18.9 Å². The molecule has 0 aromatic rings. The molecule has 186 valence electrons. The van der Waals surface area contributed by atoms with Gasteiger partial charge in [-0.25, -0.2) is 0 Å². The molecule has 8 heteroatoms. The first-order chi connectivity index (χ1) is 15.0. The Kier molecular flexibility index (Phi) is 22.5. The van der Waals surface area contributed by atoms with Crippen LogP contribution in [0.2, 0.25) is 0 Å². The standard InChI is InChI=1S/C23H47NO6S/c1-24(2,22-23(25)26)12-14-28-16-18-30-20-19-29-17-15-27-13-10-8-6-4-3-5-7-9-11-21-31/h3-22H2,1-2H3,(H-,25,26,31). The van der Waals surface area contributed by atoms with Crippen molar-refractivity contribution >= 4 is 18.6 Å². The largest absolute Gasteiger partial charge is 0.544 e. The van der Waals surface area contributed by atoms with Crippen molar-refractivity contribution in [3.63, 3.8) is 0 Å². The molecular formula is C23H47NO6S. The third-order valence-corrected chi connectivity index (χ3v) is 5.28. The summed E-state index contributed by atoms with van der Waals surface area (Å²) < 4.78 is 22.3. The van der Waals surface area contributed by atoms with Gasteiger partial charge in [0.1, 0.15) is 13.1 Å². The molecule has 0 aliphatic carbocycles. The molecule has 0 aromatic heterocycles. The van der Waals surface area contributed by atoms with E-state index in [1.165, 1.54) is 51.4 Å². The second-order valence-electron chi connectivity index (χ2n) is 8.54. The highest BCUT2D eigenvalue weighted by Crippen LogP contribution is 2.10. The van der Waals surface area contributed by atoms with Crippen LogP contribution in [0.25, 0.3) is 0 Å². The number of rotatable bonds is 25. The minimum absolute atomic E-state index is 0.0155. The molecular weight excluding hydrogens is 418 g/mol. The molecule has 0 aliphatic rings. The fraction of sp³-hybridized carbons (Fsp3) is 0.957. The van der Waals surface area contributed by atoms with E-state index in [-0.39, 0.29) is 6.54 Å². The fourth-order valence-electron chi connectivity index (χ4n) is 3.06. The second kappa shape index (κ2) is 22.8. The fourth-order valence-corrected chi connectivity index (χ4v) is 3.28. The van der Waals surface area contributed by atoms with Crippen LogP contribution in [-0.2, 0) is 23.7 Å². The number of likely N-dealkylation sites (N-methyl/N-ethyl adjacent to an activating group) is 1. The van der Waals surface area contributed by atoms with Crippen LogP contribution in [0.4, 0.5) is 0 Å². The molecule has 0 atom stereocenters. The zero-order chi connectivity index (χ0) is 23.0. The van der Waals surface area contributed by atoms with Crippen molar-refractivity contribution in [2.24, 2.45) is 0 Å². The summed E-state index contributed by atoms with van der Waals surface area (Å²) >= 11 is 4.23. The first-order valence-electron chi connectivity index (χ1n) is 11.9. The molecule has 0 radical (unpaired) electrons. The highest BCUT2D eigenvalue weighted by Gasteiger charge is 2.14. The van der Waals surface area contributed by atoms with E-state index in [2.05, 4.69) is 12.6 Å². The van der Waals surface area contributed by atoms with Crippen molar-refractivity contribution in [1.82, 2.24) is 0 Å². The van der Waals surface area contributed by atoms with E-state index >= 15 is 0 Å². The second-order valence-corrected chi connectivity index (χ2v) is 8.99. The van der Waals surface area contributed by atoms with Crippen molar-refractivity contribution < 1.29 is 33.3 Å². The van der Waals surface area contributed by atoms with Gasteiger partial charge >= 0.3 is 0 Å². The van der Waals surface area contributed by atoms with Crippen LogP contribution in [0.5, 0.6) is 0 Å². The number of carboxylic acids is 1. The summed E-state index contributed by atoms with van der Waals surface area (Å²) in [7, 11) is 3.68. The van der Waals surface area contributed by atoms with Crippen LogP contribution in [0.15, 0.2) is 0 Å². The van der Waals surface area contributed by atoms with Gasteiger partial charge in [0.25, 0.3) is 0 Å². The topological polar surface area (TPSA) is 77.0 Å². The highest BCUT2D eigenvalue weighted by atomic mass is 32.1. The van der Waals surface area contributed by atoms with E-state index in [9.17, 15) is 9.90 Å². The van der Waals surface area contributed by atoms with Crippen molar-refractivity contribution in [2.75, 3.05) is 85.8 Å². The summed E-state index contributed by atoms with van der Waals surface area (Å²) in [6, 6.07) is 0. The molecule has 31 heavy (non-hydrogen) atoms. The summed E-state index contributed by atoms with van der Waals surface area (Å²) in [6.07, 6.45) is 11.7. The van der Waals surface area contributed by atoms with Crippen LogP contribution in [0, 0.1) is 0 Å². The van der Waals surface area contributed by atoms with Gasteiger partial charge in [-0.2, -0.15) is 12.6 Å². The molecule has 0 aromatic carbocycles. The Labute approximate surface area is 195 Å². The van der Waals surface area contributed by atoms with Gasteiger partial charge in [-0.1, -0.05) is 44.9 Å². The quantitative estimate of drug-likeness (QED) is 0.127. The summed E-state index contributed by atoms with van der Waals surface area (Å²) in [4.78, 5) is 10.6. The Balaban J connectivity index is 3.13. The molecule has 0 saturated heterocycles. The van der Waals surface area contributed by atoms with Gasteiger partial charge < -0.3 is 33.3 Å². The predicted molar refractivity (Wildman–Crippen MR) is 126 cm³/mol. The predicted octanol–water partition coefficient (Wildman–Crippen LogP) is 2.32. The van der Waals surface area contributed by atoms with Crippen LogP contribution in [-0.4, -0.2) is 96.2 Å². The number of hydrogen-bond acceptors (Lipinski definition) is 7. The molecule has 0 N–H and O–H groups in total. The van der Waals surface area contributed by atoms with Gasteiger partial charge in [0, 0.05) is 6.61 Å². The number of ether oxygens (including phenoxy) is 4. The van der Waals surface area contributed by atoms with Gasteiger partial charge in [0.15, 0.2) is 0 Å². The molecule has 0 unspecified atom stereocenters. The van der Waals surface area contributed by atoms with Crippen LogP contribution in [0.1, 0.15) is 57.8 Å². The van der Waals surface area contributed by atoms with Crippen molar-refractivity contribution in [1.29, 1.82) is 0 Å². The molecule has 7 nitrogen and oxygen atoms in total. The number of thiol groups is 1. The first kappa shape index (κ1) is 30.6. The maximum absolute atomic E-state index is 10.6. The van der Waals surface area contributed by atoms with Crippen LogP contribution in [0.3, 0.4) is 0 Å². The number of carbonyl (C=O) groups excluding carboxylic acids is 1. The number of quaternary nitrogens is 1. The minimum Gasteiger partial charge on any atom is -0.544 e. The number of carboxylic acid groups (broad SMARTS) is 1. The first-order valence-corrected chi connectivity index (χ1v) is 12.5. The molecule has 0 saturated carbocycles. The van der Waals surface area contributed by atoms with E-state index < -0.39 is 5.97 Å². The monoisotopic (exact) mass is 465 g/mol. The molecule has 0 fully saturated rings. The summed E-state index contributed by atoms with van der Waals surface area (Å²) in [6.45, 7) is 5.22. The van der Waals surface area contributed by atoms with Crippen molar-refractivity contribution in [3.05, 3.63) is 0 Å². The lowest BCUT2D eigenvalue weighted by molar-refractivity contribution is -0.885. The summed E-state index contributed by atoms with van der Waals surface area (Å²) in [5.74, 6) is -0.0266. The van der Waals surface area contributed by atoms with Crippen molar-refractivity contribution in [2.45, 2.75) is 57.8 Å². The van der Waals surface area contributed by atoms with Gasteiger partial charge in [0.2, 0.25) is 0 Å². The number of unbranched alkanes of at least 4 members (excludes halogenated alkanes) is 8. The lowest BCUT2D eigenvalue weighted by Gasteiger charge is -2.29. The minimum atomic E-state index is -1.05. The number of nitrogens with zero attached hydrogens (tertiary/aromatic N) is 1. The SMILES string of the molecule is C[N+](C)(CCOCCOCCOCCOCCCCCCCCCCCS)CC(=O)[O-]. The molecule has 0 amide bonds. The molecule has 0 bridgehead atoms. The van der Waals surface area contributed by atoms with Gasteiger partial charge in [-0.3, -0.25) is 0 Å². The Morgan fingerprint density at radius 2 is 1.03 bits per heavy atom. The Hall–Kier alpha value is -0.380. The van der Waals surface area contributed by atoms with Gasteiger partial charge in [-0.15, -0.1) is 0 Å². The van der Waals surface area contributed by atoms with Crippen LogP contribution < -0.4 is 5.11 Å². The molecule has 0 spiro atoms. The molecule has 0 rings (SSSR count). The Morgan fingerprint density at radius 3 is 1.48 bits per heavy atom. The number of carbonyl (C=O) groups is 1. The van der Waals surface area contributed by atoms with Gasteiger partial charge in [-0.05, 0) is 18.6 Å². The average Bonchev–Trinajstić information content (AvgIpc) is 2.70. The smallest absolute Gasteiger partial charge is 0.119 e. The van der Waals surface area contributed by atoms with Crippen LogP contribution >= 0.6 is 12.6 Å². The molecule has 0 aliphatic heterocycles. The normalized spacial score (nSPS) is 11.8. The zero-order valence-corrected chi connectivity index (χ0v) is 20.9. The van der Waals surface area contributed by atoms with E-state index in [0.29, 0.717) is 57.3 Å². The third-order valence-electron chi connectivity index (χ3n) is 4.96. The Morgan fingerprint density at radius 1 is 0.645 bits per heavy atom. The number of hydrogen-bond donors (Lipinski definition) is 1. The van der Waals surface area contributed by atoms with Crippen molar-refractivity contribution in [3.8, 4) is 0 Å². The molecule has 0 heterocycles. The maximum Gasteiger partial charge on any atom is 0.119 e. The number of aliphatic carboxylic acids is 1. The lowest BCUT2D eigenvalue weighted by atomic mass is 10.1. The third kappa shape index (κ3) is 25.8.